The third-order valence-electron chi connectivity index (χ3n) is 2.35. The first-order valence-corrected chi connectivity index (χ1v) is 5.36. The number of hydrogen-bond acceptors (Lipinski definition) is 5. The summed E-state index contributed by atoms with van der Waals surface area (Å²) in [4.78, 5) is 20.9. The first-order chi connectivity index (χ1) is 9.65. The SMILES string of the molecule is N#Cc1cccc(N(CC(=O)O)CC(F)(F)F)c1[N+](=O)[O-]. The Morgan fingerprint density at radius 2 is 2.10 bits per heavy atom. The molecule has 1 N–H and O–H groups in total. The molecule has 0 fully saturated rings. The number of nitro benzene ring substituents is 1. The Balaban J connectivity index is 3.40. The third kappa shape index (κ3) is 4.34. The zero-order chi connectivity index (χ0) is 16.2. The third-order valence-corrected chi connectivity index (χ3v) is 2.35. The van der Waals surface area contributed by atoms with Gasteiger partial charge in [-0.1, -0.05) is 6.07 Å². The lowest BCUT2D eigenvalue weighted by Gasteiger charge is -2.23. The highest BCUT2D eigenvalue weighted by Crippen LogP contribution is 2.33. The molecule has 0 heterocycles. The van der Waals surface area contributed by atoms with E-state index < -0.39 is 47.1 Å². The van der Waals surface area contributed by atoms with E-state index in [9.17, 15) is 28.1 Å². The van der Waals surface area contributed by atoms with Gasteiger partial charge in [0.25, 0.3) is 0 Å². The standard InChI is InChI=1S/C11H8F3N3O4/c12-11(13,14)6-16(5-9(18)19)8-3-1-2-7(4-15)10(8)17(20)21/h1-3H,5-6H2,(H,18,19). The fourth-order valence-electron chi connectivity index (χ4n) is 1.67. The number of halogens is 3. The lowest BCUT2D eigenvalue weighted by atomic mass is 10.1. The van der Waals surface area contributed by atoms with Crippen molar-refractivity contribution in [1.29, 1.82) is 5.26 Å². The predicted octanol–water partition coefficient (Wildman–Crippen LogP) is 1.92. The lowest BCUT2D eigenvalue weighted by molar-refractivity contribution is -0.384. The maximum Gasteiger partial charge on any atom is 0.405 e. The summed E-state index contributed by atoms with van der Waals surface area (Å²) in [5, 5.41) is 28.4. The van der Waals surface area contributed by atoms with Crippen molar-refractivity contribution in [2.45, 2.75) is 6.18 Å². The van der Waals surface area contributed by atoms with Crippen LogP contribution in [0.1, 0.15) is 5.56 Å². The molecule has 0 saturated heterocycles. The van der Waals surface area contributed by atoms with Gasteiger partial charge in [0.2, 0.25) is 0 Å². The predicted molar refractivity (Wildman–Crippen MR) is 63.7 cm³/mol. The van der Waals surface area contributed by atoms with Crippen LogP contribution in [-0.4, -0.2) is 35.3 Å². The van der Waals surface area contributed by atoms with Crippen molar-refractivity contribution in [3.63, 3.8) is 0 Å². The minimum atomic E-state index is -4.76. The summed E-state index contributed by atoms with van der Waals surface area (Å²) in [6.45, 7) is -2.77. The Labute approximate surface area is 116 Å². The summed E-state index contributed by atoms with van der Waals surface area (Å²) >= 11 is 0. The summed E-state index contributed by atoms with van der Waals surface area (Å²) in [6.07, 6.45) is -4.76. The Morgan fingerprint density at radius 3 is 2.52 bits per heavy atom. The molecule has 7 nitrogen and oxygen atoms in total. The number of hydrogen-bond donors (Lipinski definition) is 1. The van der Waals surface area contributed by atoms with Gasteiger partial charge in [-0.2, -0.15) is 18.4 Å². The average Bonchev–Trinajstić information content (AvgIpc) is 2.34. The fraction of sp³-hybridized carbons (Fsp3) is 0.273. The van der Waals surface area contributed by atoms with Crippen LogP contribution in [-0.2, 0) is 4.79 Å². The van der Waals surface area contributed by atoms with Crippen molar-refractivity contribution < 1.29 is 28.0 Å². The van der Waals surface area contributed by atoms with Crippen LogP contribution in [0, 0.1) is 21.4 Å². The summed E-state index contributed by atoms with van der Waals surface area (Å²) < 4.78 is 37.5. The van der Waals surface area contributed by atoms with E-state index in [0.717, 1.165) is 18.2 Å². The minimum Gasteiger partial charge on any atom is -0.480 e. The van der Waals surface area contributed by atoms with Crippen molar-refractivity contribution in [3.8, 4) is 6.07 Å². The second kappa shape index (κ2) is 6.08. The fourth-order valence-corrected chi connectivity index (χ4v) is 1.67. The van der Waals surface area contributed by atoms with Crippen molar-refractivity contribution in [3.05, 3.63) is 33.9 Å². The molecule has 0 aliphatic heterocycles. The van der Waals surface area contributed by atoms with Gasteiger partial charge in [0, 0.05) is 0 Å². The quantitative estimate of drug-likeness (QED) is 0.657. The number of nitrogens with zero attached hydrogens (tertiary/aromatic N) is 3. The summed E-state index contributed by atoms with van der Waals surface area (Å²) in [6, 6.07) is 4.67. The highest BCUT2D eigenvalue weighted by Gasteiger charge is 2.35. The Bertz CT molecular complexity index is 610. The molecule has 0 aromatic heterocycles. The molecular formula is C11H8F3N3O4. The second-order valence-electron chi connectivity index (χ2n) is 3.91. The molecule has 112 valence electrons. The first kappa shape index (κ1) is 16.2. The summed E-state index contributed by atoms with van der Waals surface area (Å²) in [5.41, 5.74) is -1.88. The largest absolute Gasteiger partial charge is 0.480 e. The van der Waals surface area contributed by atoms with E-state index in [1.54, 1.807) is 0 Å². The van der Waals surface area contributed by atoms with Gasteiger partial charge in [-0.05, 0) is 12.1 Å². The van der Waals surface area contributed by atoms with Crippen molar-refractivity contribution in [1.82, 2.24) is 0 Å². The molecule has 0 atom stereocenters. The Hall–Kier alpha value is -2.83. The molecule has 0 unspecified atom stereocenters. The van der Waals surface area contributed by atoms with Gasteiger partial charge >= 0.3 is 17.8 Å². The van der Waals surface area contributed by atoms with Gasteiger partial charge in [0.15, 0.2) is 0 Å². The van der Waals surface area contributed by atoms with Crippen LogP contribution in [0.4, 0.5) is 24.5 Å². The second-order valence-corrected chi connectivity index (χ2v) is 3.91. The van der Waals surface area contributed by atoms with Crippen molar-refractivity contribution >= 4 is 17.3 Å². The van der Waals surface area contributed by atoms with Crippen LogP contribution in [0.25, 0.3) is 0 Å². The maximum absolute atomic E-state index is 12.5. The van der Waals surface area contributed by atoms with Crippen LogP contribution in [0.3, 0.4) is 0 Å². The van der Waals surface area contributed by atoms with Crippen LogP contribution in [0.5, 0.6) is 0 Å². The molecular weight excluding hydrogens is 295 g/mol. The molecule has 1 aromatic rings. The van der Waals surface area contributed by atoms with E-state index in [-0.39, 0.29) is 0 Å². The van der Waals surface area contributed by atoms with Gasteiger partial charge in [-0.3, -0.25) is 14.9 Å². The summed E-state index contributed by atoms with van der Waals surface area (Å²) in [7, 11) is 0. The molecule has 0 amide bonds. The molecule has 0 bridgehead atoms. The molecule has 0 aliphatic carbocycles. The number of aliphatic carboxylic acids is 1. The number of nitro groups is 1. The number of rotatable bonds is 5. The molecule has 0 saturated carbocycles. The number of carboxylic acid groups (broad SMARTS) is 1. The number of benzene rings is 1. The highest BCUT2D eigenvalue weighted by molar-refractivity contribution is 5.78. The van der Waals surface area contributed by atoms with E-state index in [2.05, 4.69) is 0 Å². The molecule has 0 radical (unpaired) electrons. The van der Waals surface area contributed by atoms with Crippen LogP contribution >= 0.6 is 0 Å². The first-order valence-electron chi connectivity index (χ1n) is 5.36. The van der Waals surface area contributed by atoms with E-state index in [1.807, 2.05) is 0 Å². The number of anilines is 1. The number of carbonyl (C=O) groups is 1. The lowest BCUT2D eigenvalue weighted by Crippen LogP contribution is -2.38. The normalized spacial score (nSPS) is 10.8. The number of carboxylic acids is 1. The molecule has 0 spiro atoms. The van der Waals surface area contributed by atoms with Gasteiger partial charge in [0.05, 0.1) is 4.92 Å². The van der Waals surface area contributed by atoms with Gasteiger partial charge in [-0.25, -0.2) is 0 Å². The molecule has 21 heavy (non-hydrogen) atoms. The topological polar surface area (TPSA) is 107 Å². The van der Waals surface area contributed by atoms with Gasteiger partial charge < -0.3 is 10.0 Å². The van der Waals surface area contributed by atoms with E-state index in [4.69, 9.17) is 10.4 Å². The molecule has 10 heteroatoms. The average molecular weight is 303 g/mol. The Kier molecular flexibility index (Phi) is 4.70. The maximum atomic E-state index is 12.5. The monoisotopic (exact) mass is 303 g/mol. The summed E-state index contributed by atoms with van der Waals surface area (Å²) in [5.74, 6) is -1.59. The zero-order valence-electron chi connectivity index (χ0n) is 10.3. The van der Waals surface area contributed by atoms with E-state index in [1.165, 1.54) is 6.07 Å². The number of para-hydroxylation sites is 1. The van der Waals surface area contributed by atoms with E-state index >= 15 is 0 Å². The Morgan fingerprint density at radius 1 is 1.48 bits per heavy atom. The zero-order valence-corrected chi connectivity index (χ0v) is 10.3. The van der Waals surface area contributed by atoms with Crippen LogP contribution < -0.4 is 4.90 Å². The highest BCUT2D eigenvalue weighted by atomic mass is 19.4. The van der Waals surface area contributed by atoms with Crippen molar-refractivity contribution in [2.24, 2.45) is 0 Å². The minimum absolute atomic E-state index is 0.293. The van der Waals surface area contributed by atoms with Crippen LogP contribution in [0.15, 0.2) is 18.2 Å². The van der Waals surface area contributed by atoms with Crippen LogP contribution in [0.2, 0.25) is 0 Å². The molecule has 1 aromatic carbocycles. The van der Waals surface area contributed by atoms with Gasteiger partial charge in [-0.15, -0.1) is 0 Å². The van der Waals surface area contributed by atoms with E-state index in [0.29, 0.717) is 4.90 Å². The molecule has 0 aliphatic rings. The molecule has 1 rings (SSSR count). The smallest absolute Gasteiger partial charge is 0.405 e. The number of nitriles is 1. The van der Waals surface area contributed by atoms with Crippen molar-refractivity contribution in [2.75, 3.05) is 18.0 Å². The number of alkyl halides is 3. The van der Waals surface area contributed by atoms with Gasteiger partial charge in [0.1, 0.15) is 30.4 Å².